The van der Waals surface area contributed by atoms with Crippen LogP contribution < -0.4 is 0 Å². The summed E-state index contributed by atoms with van der Waals surface area (Å²) in [6.07, 6.45) is 4.70. The first-order valence-corrected chi connectivity index (χ1v) is 8.09. The second kappa shape index (κ2) is 8.57. The van der Waals surface area contributed by atoms with Gasteiger partial charge in [-0.3, -0.25) is 4.79 Å². The second-order valence-electron chi connectivity index (χ2n) is 6.19. The topological polar surface area (TPSA) is 23.6 Å². The summed E-state index contributed by atoms with van der Waals surface area (Å²) in [6, 6.07) is 0. The zero-order valence-corrected chi connectivity index (χ0v) is 13.3. The molecule has 1 rings (SSSR count). The Labute approximate surface area is 119 Å². The highest BCUT2D eigenvalue weighted by Crippen LogP contribution is 2.26. The number of nitrogens with zero attached hydrogens (tertiary/aromatic N) is 2. The highest BCUT2D eigenvalue weighted by atomic mass is 16.2. The molecule has 0 aromatic heterocycles. The van der Waals surface area contributed by atoms with Crippen LogP contribution in [0, 0.1) is 11.8 Å². The smallest absolute Gasteiger partial charge is 0.225 e. The van der Waals surface area contributed by atoms with E-state index >= 15 is 0 Å². The van der Waals surface area contributed by atoms with Gasteiger partial charge in [-0.1, -0.05) is 40.5 Å². The van der Waals surface area contributed by atoms with E-state index in [0.717, 1.165) is 45.6 Å². The molecule has 0 heterocycles. The molecule has 19 heavy (non-hydrogen) atoms. The van der Waals surface area contributed by atoms with Crippen molar-refractivity contribution in [3.8, 4) is 0 Å². The van der Waals surface area contributed by atoms with E-state index in [1.54, 1.807) is 0 Å². The first kappa shape index (κ1) is 16.5. The van der Waals surface area contributed by atoms with Crippen molar-refractivity contribution in [1.29, 1.82) is 0 Å². The molecule has 0 aromatic carbocycles. The Morgan fingerprint density at radius 2 is 1.68 bits per heavy atom. The zero-order chi connectivity index (χ0) is 14.3. The van der Waals surface area contributed by atoms with E-state index < -0.39 is 0 Å². The molecule has 1 amide bonds. The largest absolute Gasteiger partial charge is 0.341 e. The summed E-state index contributed by atoms with van der Waals surface area (Å²) in [5, 5.41) is 0. The van der Waals surface area contributed by atoms with Gasteiger partial charge in [0.1, 0.15) is 0 Å². The summed E-state index contributed by atoms with van der Waals surface area (Å²) in [4.78, 5) is 17.1. The van der Waals surface area contributed by atoms with Crippen molar-refractivity contribution >= 4 is 5.91 Å². The number of likely N-dealkylation sites (N-methyl/N-ethyl adjacent to an activating group) is 1. The molecule has 0 aromatic rings. The quantitative estimate of drug-likeness (QED) is 0.675. The Hall–Kier alpha value is -0.570. The lowest BCUT2D eigenvalue weighted by molar-refractivity contribution is -0.136. The number of carbonyl (C=O) groups excluding carboxylic acids is 1. The van der Waals surface area contributed by atoms with Gasteiger partial charge in [0.05, 0.1) is 0 Å². The van der Waals surface area contributed by atoms with Crippen LogP contribution in [0.1, 0.15) is 53.4 Å². The maximum Gasteiger partial charge on any atom is 0.225 e. The number of carbonyl (C=O) groups is 1. The molecule has 0 spiro atoms. The van der Waals surface area contributed by atoms with Gasteiger partial charge in [-0.15, -0.1) is 0 Å². The molecule has 1 aliphatic carbocycles. The lowest BCUT2D eigenvalue weighted by Gasteiger charge is -2.30. The lowest BCUT2D eigenvalue weighted by atomic mass is 10.1. The summed E-state index contributed by atoms with van der Waals surface area (Å²) in [5.74, 6) is 1.29. The van der Waals surface area contributed by atoms with E-state index in [1.807, 2.05) is 0 Å². The first-order chi connectivity index (χ1) is 9.08. The number of rotatable bonds is 8. The predicted molar refractivity (Wildman–Crippen MR) is 81.2 cm³/mol. The highest BCUT2D eigenvalue weighted by Gasteiger charge is 2.27. The van der Waals surface area contributed by atoms with E-state index in [9.17, 15) is 4.79 Å². The molecule has 0 unspecified atom stereocenters. The van der Waals surface area contributed by atoms with Gasteiger partial charge in [-0.05, 0) is 31.8 Å². The van der Waals surface area contributed by atoms with E-state index in [-0.39, 0.29) is 0 Å². The maximum atomic E-state index is 12.6. The molecule has 0 saturated heterocycles. The standard InChI is InChI=1S/C16H32N2O/c1-5-17(6-2)11-12-18(13-14(3)4)16(19)15-9-7-8-10-15/h14-15H,5-13H2,1-4H3. The Bertz CT molecular complexity index is 255. The third-order valence-corrected chi connectivity index (χ3v) is 4.18. The Balaban J connectivity index is 2.52. The second-order valence-corrected chi connectivity index (χ2v) is 6.19. The van der Waals surface area contributed by atoms with Crippen LogP contribution in [-0.2, 0) is 4.79 Å². The van der Waals surface area contributed by atoms with Crippen LogP contribution in [0.25, 0.3) is 0 Å². The summed E-state index contributed by atoms with van der Waals surface area (Å²) in [7, 11) is 0. The third-order valence-electron chi connectivity index (χ3n) is 4.18. The Morgan fingerprint density at radius 3 is 2.16 bits per heavy atom. The fourth-order valence-corrected chi connectivity index (χ4v) is 2.97. The molecule has 0 radical (unpaired) electrons. The van der Waals surface area contributed by atoms with Crippen molar-refractivity contribution < 1.29 is 4.79 Å². The van der Waals surface area contributed by atoms with Crippen LogP contribution in [0.4, 0.5) is 0 Å². The van der Waals surface area contributed by atoms with Crippen molar-refractivity contribution in [2.45, 2.75) is 53.4 Å². The number of amides is 1. The molecule has 112 valence electrons. The van der Waals surface area contributed by atoms with Crippen LogP contribution in [-0.4, -0.2) is 48.4 Å². The van der Waals surface area contributed by atoms with Gasteiger partial charge in [0.2, 0.25) is 5.91 Å². The van der Waals surface area contributed by atoms with Gasteiger partial charge < -0.3 is 9.80 Å². The molecule has 1 saturated carbocycles. The lowest BCUT2D eigenvalue weighted by Crippen LogP contribution is -2.42. The van der Waals surface area contributed by atoms with Crippen molar-refractivity contribution in [2.24, 2.45) is 11.8 Å². The van der Waals surface area contributed by atoms with Crippen LogP contribution in [0.5, 0.6) is 0 Å². The summed E-state index contributed by atoms with van der Waals surface area (Å²) in [6.45, 7) is 13.8. The Kier molecular flexibility index (Phi) is 7.44. The molecule has 3 heteroatoms. The average Bonchev–Trinajstić information content (AvgIpc) is 2.91. The highest BCUT2D eigenvalue weighted by molar-refractivity contribution is 5.79. The van der Waals surface area contributed by atoms with E-state index in [4.69, 9.17) is 0 Å². The molecule has 1 fully saturated rings. The van der Waals surface area contributed by atoms with E-state index in [1.165, 1.54) is 12.8 Å². The van der Waals surface area contributed by atoms with E-state index in [2.05, 4.69) is 37.5 Å². The number of hydrogen-bond acceptors (Lipinski definition) is 2. The molecule has 3 nitrogen and oxygen atoms in total. The minimum Gasteiger partial charge on any atom is -0.341 e. The van der Waals surface area contributed by atoms with Crippen molar-refractivity contribution in [2.75, 3.05) is 32.7 Å². The van der Waals surface area contributed by atoms with Gasteiger partial charge in [-0.25, -0.2) is 0 Å². The molecule has 1 aliphatic rings. The zero-order valence-electron chi connectivity index (χ0n) is 13.3. The Morgan fingerprint density at radius 1 is 1.11 bits per heavy atom. The van der Waals surface area contributed by atoms with Crippen molar-refractivity contribution in [3.05, 3.63) is 0 Å². The summed E-state index contributed by atoms with van der Waals surface area (Å²) < 4.78 is 0. The minimum absolute atomic E-state index is 0.315. The van der Waals surface area contributed by atoms with Crippen molar-refractivity contribution in [3.63, 3.8) is 0 Å². The average molecular weight is 268 g/mol. The van der Waals surface area contributed by atoms with Crippen molar-refractivity contribution in [1.82, 2.24) is 9.80 Å². The van der Waals surface area contributed by atoms with Crippen LogP contribution >= 0.6 is 0 Å². The van der Waals surface area contributed by atoms with Gasteiger partial charge in [0.25, 0.3) is 0 Å². The molecule has 0 atom stereocenters. The van der Waals surface area contributed by atoms with E-state index in [0.29, 0.717) is 17.7 Å². The third kappa shape index (κ3) is 5.52. The normalized spacial score (nSPS) is 16.5. The first-order valence-electron chi connectivity index (χ1n) is 8.09. The fourth-order valence-electron chi connectivity index (χ4n) is 2.97. The molecule has 0 N–H and O–H groups in total. The summed E-state index contributed by atoms with van der Waals surface area (Å²) >= 11 is 0. The fraction of sp³-hybridized carbons (Fsp3) is 0.938. The number of hydrogen-bond donors (Lipinski definition) is 0. The molecule has 0 bridgehead atoms. The van der Waals surface area contributed by atoms with Crippen LogP contribution in [0.3, 0.4) is 0 Å². The molecular formula is C16H32N2O. The van der Waals surface area contributed by atoms with Crippen LogP contribution in [0.2, 0.25) is 0 Å². The molecular weight excluding hydrogens is 236 g/mol. The van der Waals surface area contributed by atoms with Gasteiger partial charge in [-0.2, -0.15) is 0 Å². The van der Waals surface area contributed by atoms with Gasteiger partial charge in [0.15, 0.2) is 0 Å². The SMILES string of the molecule is CCN(CC)CCN(CC(C)C)C(=O)C1CCCC1. The van der Waals surface area contributed by atoms with Gasteiger partial charge >= 0.3 is 0 Å². The monoisotopic (exact) mass is 268 g/mol. The van der Waals surface area contributed by atoms with Crippen LogP contribution in [0.15, 0.2) is 0 Å². The molecule has 0 aliphatic heterocycles. The minimum atomic E-state index is 0.315. The maximum absolute atomic E-state index is 12.6. The predicted octanol–water partition coefficient (Wildman–Crippen LogP) is 3.00. The van der Waals surface area contributed by atoms with Gasteiger partial charge in [0, 0.05) is 25.6 Å². The summed E-state index contributed by atoms with van der Waals surface area (Å²) in [5.41, 5.74) is 0.